The molecule has 2 heterocycles. The Kier molecular flexibility index (Phi) is 7.74. The minimum Gasteiger partial charge on any atom is -0.462 e. The number of rotatable bonds is 9. The number of hydrogen-bond donors (Lipinski definition) is 2. The number of sulfonamides is 1. The minimum atomic E-state index is -3.55. The Bertz CT molecular complexity index is 1020. The van der Waals surface area contributed by atoms with Crippen molar-refractivity contribution >= 4 is 27.5 Å². The molecule has 0 radical (unpaired) electrons. The lowest BCUT2D eigenvalue weighted by Gasteiger charge is -2.18. The summed E-state index contributed by atoms with van der Waals surface area (Å²) < 4.78 is 31.5. The Hall–Kier alpha value is -2.72. The number of aryl methyl sites for hydroxylation is 1. The Balaban J connectivity index is 2.21. The van der Waals surface area contributed by atoms with Gasteiger partial charge in [0, 0.05) is 25.0 Å². The molecule has 0 aromatic carbocycles. The van der Waals surface area contributed by atoms with Gasteiger partial charge in [-0.3, -0.25) is 5.43 Å². The molecule has 2 rings (SSSR count). The van der Waals surface area contributed by atoms with Gasteiger partial charge in [0.15, 0.2) is 0 Å². The summed E-state index contributed by atoms with van der Waals surface area (Å²) in [7, 11) is -3.55. The molecular formula is C20H29N5O4S. The van der Waals surface area contributed by atoms with Crippen LogP contribution < -0.4 is 5.43 Å². The first-order valence-corrected chi connectivity index (χ1v) is 11.2. The van der Waals surface area contributed by atoms with Crippen LogP contribution in [0.4, 0.5) is 5.82 Å². The smallest absolute Gasteiger partial charge is 0.340 e. The van der Waals surface area contributed by atoms with Crippen LogP contribution in [-0.4, -0.2) is 54.1 Å². The van der Waals surface area contributed by atoms with Gasteiger partial charge in [-0.15, -0.1) is 0 Å². The number of carbonyl (C=O) groups is 1. The van der Waals surface area contributed by atoms with Gasteiger partial charge >= 0.3 is 5.97 Å². The number of ether oxygens (including phenoxy) is 1. The average molecular weight is 436 g/mol. The summed E-state index contributed by atoms with van der Waals surface area (Å²) in [6.07, 6.45) is 1.31. The monoisotopic (exact) mass is 435 g/mol. The molecule has 0 saturated carbocycles. The summed E-state index contributed by atoms with van der Waals surface area (Å²) in [6.45, 7) is 11.9. The number of nitrogens with zero attached hydrogens (tertiary/aromatic N) is 3. The van der Waals surface area contributed by atoms with Crippen molar-refractivity contribution in [1.82, 2.24) is 14.3 Å². The standard InChI is InChI=1S/C20H29N5O4S/c1-7-25(8-2)30(27,28)16-10-11-17(21-12-16)24-23-15(6)19-13(4)18(14(5)22-19)20(26)29-9-3/h10-12,22H,7-9H2,1-6H3,(H,21,24)/b23-15-. The van der Waals surface area contributed by atoms with Gasteiger partial charge in [0.1, 0.15) is 10.7 Å². The molecule has 0 unspecified atom stereocenters. The topological polar surface area (TPSA) is 117 Å². The van der Waals surface area contributed by atoms with E-state index in [1.807, 2.05) is 6.92 Å². The van der Waals surface area contributed by atoms with E-state index in [2.05, 4.69) is 20.5 Å². The SMILES string of the molecule is CCOC(=O)c1c(C)[nH]c(/C(C)=N\Nc2ccc(S(=O)(=O)N(CC)CC)cn2)c1C. The number of esters is 1. The van der Waals surface area contributed by atoms with Crippen LogP contribution in [0.25, 0.3) is 0 Å². The quantitative estimate of drug-likeness (QED) is 0.355. The van der Waals surface area contributed by atoms with Crippen molar-refractivity contribution in [3.63, 3.8) is 0 Å². The fraction of sp³-hybridized carbons (Fsp3) is 0.450. The number of aromatic amines is 1. The molecule has 0 atom stereocenters. The molecule has 30 heavy (non-hydrogen) atoms. The van der Waals surface area contributed by atoms with Crippen molar-refractivity contribution in [3.05, 3.63) is 40.8 Å². The zero-order valence-electron chi connectivity index (χ0n) is 18.2. The second-order valence-corrected chi connectivity index (χ2v) is 8.56. The fourth-order valence-electron chi connectivity index (χ4n) is 3.13. The highest BCUT2D eigenvalue weighted by Crippen LogP contribution is 2.20. The summed E-state index contributed by atoms with van der Waals surface area (Å²) >= 11 is 0. The van der Waals surface area contributed by atoms with E-state index in [-0.39, 0.29) is 10.9 Å². The van der Waals surface area contributed by atoms with Crippen LogP contribution in [0.5, 0.6) is 0 Å². The fourth-order valence-corrected chi connectivity index (χ4v) is 4.53. The predicted octanol–water partition coefficient (Wildman–Crippen LogP) is 3.07. The van der Waals surface area contributed by atoms with E-state index in [0.29, 0.717) is 48.2 Å². The molecule has 2 N–H and O–H groups in total. The maximum Gasteiger partial charge on any atom is 0.340 e. The highest BCUT2D eigenvalue weighted by molar-refractivity contribution is 7.89. The second kappa shape index (κ2) is 9.86. The van der Waals surface area contributed by atoms with Crippen molar-refractivity contribution < 1.29 is 17.9 Å². The lowest BCUT2D eigenvalue weighted by atomic mass is 10.1. The lowest BCUT2D eigenvalue weighted by Crippen LogP contribution is -2.30. The molecule has 10 heteroatoms. The Labute approximate surface area is 177 Å². The summed E-state index contributed by atoms with van der Waals surface area (Å²) in [5.41, 5.74) is 6.12. The van der Waals surface area contributed by atoms with Gasteiger partial charge in [-0.05, 0) is 45.4 Å². The Morgan fingerprint density at radius 2 is 1.90 bits per heavy atom. The normalized spacial score (nSPS) is 12.3. The molecule has 0 bridgehead atoms. The van der Waals surface area contributed by atoms with Gasteiger partial charge in [-0.2, -0.15) is 9.41 Å². The third-order valence-corrected chi connectivity index (χ3v) is 6.73. The van der Waals surface area contributed by atoms with Crippen LogP contribution in [0.1, 0.15) is 55.0 Å². The van der Waals surface area contributed by atoms with Gasteiger partial charge in [-0.25, -0.2) is 18.2 Å². The largest absolute Gasteiger partial charge is 0.462 e. The van der Waals surface area contributed by atoms with Crippen molar-refractivity contribution in [1.29, 1.82) is 0 Å². The summed E-state index contributed by atoms with van der Waals surface area (Å²) in [5, 5.41) is 4.31. The zero-order valence-corrected chi connectivity index (χ0v) is 19.1. The molecule has 0 aliphatic heterocycles. The van der Waals surface area contributed by atoms with Crippen LogP contribution in [0.3, 0.4) is 0 Å². The van der Waals surface area contributed by atoms with E-state index in [1.54, 1.807) is 40.7 Å². The van der Waals surface area contributed by atoms with Crippen LogP contribution in [0, 0.1) is 13.8 Å². The van der Waals surface area contributed by atoms with Crippen molar-refractivity contribution in [3.8, 4) is 0 Å². The van der Waals surface area contributed by atoms with E-state index < -0.39 is 10.0 Å². The van der Waals surface area contributed by atoms with E-state index in [1.165, 1.54) is 16.6 Å². The number of hydrogen-bond acceptors (Lipinski definition) is 7. The van der Waals surface area contributed by atoms with Crippen molar-refractivity contribution in [2.24, 2.45) is 5.10 Å². The highest BCUT2D eigenvalue weighted by atomic mass is 32.2. The molecule has 164 valence electrons. The summed E-state index contributed by atoms with van der Waals surface area (Å²) in [6, 6.07) is 3.06. The molecule has 2 aromatic heterocycles. The molecule has 0 aliphatic rings. The van der Waals surface area contributed by atoms with E-state index >= 15 is 0 Å². The number of hydrazone groups is 1. The third-order valence-electron chi connectivity index (χ3n) is 4.70. The Morgan fingerprint density at radius 1 is 1.23 bits per heavy atom. The van der Waals surface area contributed by atoms with Crippen LogP contribution >= 0.6 is 0 Å². The molecule has 0 spiro atoms. The van der Waals surface area contributed by atoms with E-state index in [4.69, 9.17) is 4.74 Å². The number of H-pyrrole nitrogens is 1. The summed E-state index contributed by atoms with van der Waals surface area (Å²) in [4.78, 5) is 19.6. The van der Waals surface area contributed by atoms with E-state index in [0.717, 1.165) is 5.56 Å². The van der Waals surface area contributed by atoms with Gasteiger partial charge in [0.2, 0.25) is 10.0 Å². The minimum absolute atomic E-state index is 0.132. The molecule has 9 nitrogen and oxygen atoms in total. The molecule has 0 amide bonds. The summed E-state index contributed by atoms with van der Waals surface area (Å²) in [5.74, 6) is 0.0295. The first kappa shape index (κ1) is 23.6. The molecule has 0 fully saturated rings. The van der Waals surface area contributed by atoms with E-state index in [9.17, 15) is 13.2 Å². The van der Waals surface area contributed by atoms with Gasteiger partial charge in [0.25, 0.3) is 0 Å². The first-order valence-electron chi connectivity index (χ1n) is 9.80. The van der Waals surface area contributed by atoms with Crippen LogP contribution in [0.2, 0.25) is 0 Å². The molecule has 2 aromatic rings. The number of aromatic nitrogens is 2. The number of pyridine rings is 1. The van der Waals surface area contributed by atoms with Gasteiger partial charge in [0.05, 0.1) is 23.6 Å². The predicted molar refractivity (Wildman–Crippen MR) is 116 cm³/mol. The zero-order chi connectivity index (χ0) is 22.5. The maximum absolute atomic E-state index is 12.5. The maximum atomic E-state index is 12.5. The third kappa shape index (κ3) is 4.88. The number of carbonyl (C=O) groups excluding carboxylic acids is 1. The van der Waals surface area contributed by atoms with Gasteiger partial charge < -0.3 is 9.72 Å². The second-order valence-electron chi connectivity index (χ2n) is 6.62. The Morgan fingerprint density at radius 3 is 2.43 bits per heavy atom. The first-order chi connectivity index (χ1) is 14.2. The highest BCUT2D eigenvalue weighted by Gasteiger charge is 2.22. The molecule has 0 saturated heterocycles. The van der Waals surface area contributed by atoms with Crippen LogP contribution in [-0.2, 0) is 14.8 Å². The van der Waals surface area contributed by atoms with Crippen molar-refractivity contribution in [2.75, 3.05) is 25.1 Å². The number of nitrogens with one attached hydrogen (secondary N) is 2. The van der Waals surface area contributed by atoms with Crippen molar-refractivity contribution in [2.45, 2.75) is 46.4 Å². The molecular weight excluding hydrogens is 406 g/mol. The van der Waals surface area contributed by atoms with Crippen LogP contribution in [0.15, 0.2) is 28.3 Å². The molecule has 0 aliphatic carbocycles. The van der Waals surface area contributed by atoms with Gasteiger partial charge in [-0.1, -0.05) is 13.8 Å². The number of anilines is 1. The lowest BCUT2D eigenvalue weighted by molar-refractivity contribution is 0.0525. The average Bonchev–Trinajstić information content (AvgIpc) is 3.01.